The van der Waals surface area contributed by atoms with E-state index in [0.717, 1.165) is 77.5 Å². The first-order chi connectivity index (χ1) is 29.8. The number of aromatic amines is 1. The molecule has 14 aromatic rings. The Morgan fingerprint density at radius 3 is 1.75 bits per heavy atom. The first kappa shape index (κ1) is 32.5. The zero-order valence-corrected chi connectivity index (χ0v) is 33.4. The highest BCUT2D eigenvalue weighted by Gasteiger charge is 2.25. The van der Waals surface area contributed by atoms with Crippen LogP contribution in [0, 0.1) is 0 Å². The van der Waals surface area contributed by atoms with Crippen LogP contribution in [-0.4, -0.2) is 24.5 Å². The van der Waals surface area contributed by atoms with Crippen molar-refractivity contribution in [3.63, 3.8) is 0 Å². The Morgan fingerprint density at radius 2 is 1.00 bits per heavy atom. The fourth-order valence-corrected chi connectivity index (χ4v) is 12.3. The molecule has 1 N–H and O–H groups in total. The quantitative estimate of drug-likeness (QED) is 0.194. The van der Waals surface area contributed by atoms with Gasteiger partial charge in [-0.1, -0.05) is 121 Å². The number of benzene rings is 8. The van der Waals surface area contributed by atoms with Gasteiger partial charge in [-0.05, 0) is 53.2 Å². The summed E-state index contributed by atoms with van der Waals surface area (Å²) in [6, 6.07) is 58.6. The van der Waals surface area contributed by atoms with Gasteiger partial charge in [-0.3, -0.25) is 4.57 Å². The van der Waals surface area contributed by atoms with Crippen molar-refractivity contribution in [1.82, 2.24) is 24.5 Å². The molecule has 0 saturated heterocycles. The molecule has 6 aromatic heterocycles. The maximum Gasteiger partial charge on any atom is 0.145 e. The number of H-pyrrole nitrogens is 1. The van der Waals surface area contributed by atoms with Crippen LogP contribution in [0.25, 0.3) is 134 Å². The number of nitrogens with one attached hydrogen (secondary N) is 1. The molecule has 0 bridgehead atoms. The van der Waals surface area contributed by atoms with Crippen molar-refractivity contribution in [2.75, 3.05) is 0 Å². The highest BCUT2D eigenvalue weighted by atomic mass is 32.1. The van der Waals surface area contributed by atoms with Gasteiger partial charge in [0.1, 0.15) is 11.2 Å². The van der Waals surface area contributed by atoms with E-state index in [9.17, 15) is 0 Å². The first-order valence-electron chi connectivity index (χ1n) is 20.1. The zero-order chi connectivity index (χ0) is 39.1. The minimum absolute atomic E-state index is 0.851. The van der Waals surface area contributed by atoms with E-state index >= 15 is 0 Å². The van der Waals surface area contributed by atoms with E-state index < -0.39 is 0 Å². The second kappa shape index (κ2) is 12.1. The smallest absolute Gasteiger partial charge is 0.145 e. The summed E-state index contributed by atoms with van der Waals surface area (Å²) < 4.78 is 7.37. The third-order valence-corrected chi connectivity index (χ3v) is 14.7. The predicted molar refractivity (Wildman–Crippen MR) is 255 cm³/mol. The molecule has 0 aliphatic heterocycles. The summed E-state index contributed by atoms with van der Waals surface area (Å²) in [5.41, 5.74) is 11.0. The molecule has 0 atom stereocenters. The van der Waals surface area contributed by atoms with E-state index in [-0.39, 0.29) is 0 Å². The molecule has 0 aliphatic carbocycles. The number of nitrogens with zero attached hydrogens (tertiary/aromatic N) is 4. The molecule has 8 aromatic carbocycles. The van der Waals surface area contributed by atoms with Crippen LogP contribution in [0.1, 0.15) is 0 Å². The van der Waals surface area contributed by atoms with Crippen molar-refractivity contribution in [2.24, 2.45) is 0 Å². The van der Waals surface area contributed by atoms with E-state index in [2.05, 4.69) is 173 Å². The minimum Gasteiger partial charge on any atom is -0.353 e. The first-order valence-corrected chi connectivity index (χ1v) is 21.7. The molecule has 278 valence electrons. The van der Waals surface area contributed by atoms with Gasteiger partial charge in [0, 0.05) is 81.0 Å². The number of hydrogen-bond acceptors (Lipinski definition) is 5. The molecular weight excluding hydrogens is 771 g/mol. The van der Waals surface area contributed by atoms with Crippen molar-refractivity contribution < 1.29 is 0 Å². The van der Waals surface area contributed by atoms with Crippen LogP contribution in [0.3, 0.4) is 0 Å². The second-order valence-corrected chi connectivity index (χ2v) is 17.6. The molecule has 0 saturated carbocycles. The highest BCUT2D eigenvalue weighted by Crippen LogP contribution is 2.49. The maximum atomic E-state index is 5.71. The van der Waals surface area contributed by atoms with Gasteiger partial charge in [0.05, 0.1) is 37.3 Å². The normalized spacial score (nSPS) is 12.3. The number of aromatic nitrogens is 5. The summed E-state index contributed by atoms with van der Waals surface area (Å²) in [4.78, 5) is 20.2. The zero-order valence-electron chi connectivity index (χ0n) is 31.8. The van der Waals surface area contributed by atoms with Crippen LogP contribution < -0.4 is 0 Å². The molecule has 6 heterocycles. The molecule has 0 radical (unpaired) electrons. The SMILES string of the molecule is c1ccc(-c2nc3c(nc2-c2ccc(-n4c5ncccc5c5c6ccccc6c6c7ccccc7sc6c54)cc2)c2c4ccccc4[nH]c2c2sc4ccccc4c32)cc1. The minimum atomic E-state index is 0.851. The van der Waals surface area contributed by atoms with Crippen LogP contribution in [0.5, 0.6) is 0 Å². The van der Waals surface area contributed by atoms with Crippen LogP contribution in [0.4, 0.5) is 0 Å². The summed E-state index contributed by atoms with van der Waals surface area (Å²) in [5.74, 6) is 0. The number of thiophene rings is 2. The average Bonchev–Trinajstić information content (AvgIpc) is 4.09. The fraction of sp³-hybridized carbons (Fsp3) is 0. The van der Waals surface area contributed by atoms with Crippen LogP contribution in [0.2, 0.25) is 0 Å². The lowest BCUT2D eigenvalue weighted by Crippen LogP contribution is -1.98. The van der Waals surface area contributed by atoms with Crippen LogP contribution in [-0.2, 0) is 0 Å². The summed E-state index contributed by atoms with van der Waals surface area (Å²) in [7, 11) is 0. The number of fused-ring (bicyclic) bond motifs is 20. The monoisotopic (exact) mass is 799 g/mol. The maximum absolute atomic E-state index is 5.71. The lowest BCUT2D eigenvalue weighted by molar-refractivity contribution is 1.14. The van der Waals surface area contributed by atoms with Gasteiger partial charge >= 0.3 is 0 Å². The molecule has 14 rings (SSSR count). The predicted octanol–water partition coefficient (Wildman–Crippen LogP) is 15.0. The molecule has 0 fully saturated rings. The second-order valence-electron chi connectivity index (χ2n) is 15.5. The van der Waals surface area contributed by atoms with Crippen molar-refractivity contribution >= 4 is 129 Å². The van der Waals surface area contributed by atoms with Crippen molar-refractivity contribution in [3.8, 4) is 28.2 Å². The summed E-state index contributed by atoms with van der Waals surface area (Å²) >= 11 is 3.69. The third-order valence-electron chi connectivity index (χ3n) is 12.3. The van der Waals surface area contributed by atoms with E-state index in [1.54, 1.807) is 0 Å². The number of rotatable bonds is 3. The molecule has 0 spiro atoms. The Hall–Kier alpha value is -7.45. The summed E-state index contributed by atoms with van der Waals surface area (Å²) in [5, 5.41) is 12.1. The van der Waals surface area contributed by atoms with Gasteiger partial charge in [0.15, 0.2) is 0 Å². The van der Waals surface area contributed by atoms with Gasteiger partial charge in [-0.15, -0.1) is 22.7 Å². The Labute approximate surface area is 349 Å². The Morgan fingerprint density at radius 1 is 0.433 bits per heavy atom. The van der Waals surface area contributed by atoms with Crippen molar-refractivity contribution in [2.45, 2.75) is 0 Å². The molecule has 0 aliphatic rings. The van der Waals surface area contributed by atoms with Crippen molar-refractivity contribution in [1.29, 1.82) is 0 Å². The molecule has 60 heavy (non-hydrogen) atoms. The summed E-state index contributed by atoms with van der Waals surface area (Å²) in [6.07, 6.45) is 1.91. The lowest BCUT2D eigenvalue weighted by atomic mass is 9.99. The highest BCUT2D eigenvalue weighted by molar-refractivity contribution is 7.27. The number of hydrogen-bond donors (Lipinski definition) is 1. The number of para-hydroxylation sites is 1. The molecular formula is C53H29N5S2. The van der Waals surface area contributed by atoms with Crippen LogP contribution >= 0.6 is 22.7 Å². The Kier molecular flexibility index (Phi) is 6.53. The van der Waals surface area contributed by atoms with E-state index in [0.29, 0.717) is 0 Å². The third kappa shape index (κ3) is 4.32. The van der Waals surface area contributed by atoms with Crippen molar-refractivity contribution in [3.05, 3.63) is 170 Å². The number of pyridine rings is 1. The Bertz CT molecular complexity index is 4120. The average molecular weight is 800 g/mol. The van der Waals surface area contributed by atoms with Gasteiger partial charge in [0.25, 0.3) is 0 Å². The lowest BCUT2D eigenvalue weighted by Gasteiger charge is -2.14. The van der Waals surface area contributed by atoms with Gasteiger partial charge in [0.2, 0.25) is 0 Å². The molecule has 0 amide bonds. The van der Waals surface area contributed by atoms with E-state index in [1.165, 1.54) is 56.6 Å². The Balaban J connectivity index is 1.07. The van der Waals surface area contributed by atoms with Crippen LogP contribution in [0.15, 0.2) is 170 Å². The van der Waals surface area contributed by atoms with E-state index in [1.807, 2.05) is 28.9 Å². The summed E-state index contributed by atoms with van der Waals surface area (Å²) in [6.45, 7) is 0. The van der Waals surface area contributed by atoms with Gasteiger partial charge in [-0.25, -0.2) is 15.0 Å². The topological polar surface area (TPSA) is 59.4 Å². The molecule has 5 nitrogen and oxygen atoms in total. The fourth-order valence-electron chi connectivity index (χ4n) is 9.82. The van der Waals surface area contributed by atoms with E-state index in [4.69, 9.17) is 15.0 Å². The van der Waals surface area contributed by atoms with Gasteiger partial charge < -0.3 is 4.98 Å². The molecule has 7 heteroatoms. The standard InChI is InChI=1S/C53H29N5S2/c1-2-13-29(14-3-1)45-46(56-47-43-34-17-6-9-21-38(34)55-49(43)51-44(48(47)57-45)36-19-8-11-23-40(36)59-51)30-24-26-31(27-25-30)58-50-41(37-20-12-28-54-53(37)58)32-15-4-5-16-33(32)42-35-18-7-10-22-39(35)60-52(42)50/h1-28,55H. The largest absolute Gasteiger partial charge is 0.353 e. The molecule has 0 unspecified atom stereocenters. The van der Waals surface area contributed by atoms with Gasteiger partial charge in [-0.2, -0.15) is 0 Å².